The van der Waals surface area contributed by atoms with Crippen LogP contribution in [0.4, 0.5) is 0 Å². The lowest BCUT2D eigenvalue weighted by Gasteiger charge is -2.36. The fraction of sp³-hybridized carbons (Fsp3) is 0.500. The third kappa shape index (κ3) is 4.29. The molecule has 10 heteroatoms. The minimum atomic E-state index is 0.105. The quantitative estimate of drug-likeness (QED) is 0.572. The molecule has 1 aliphatic heterocycles. The highest BCUT2D eigenvalue weighted by Gasteiger charge is 2.26. The molecule has 30 heavy (non-hydrogen) atoms. The fourth-order valence-electron chi connectivity index (χ4n) is 3.55. The Hall–Kier alpha value is -2.98. The van der Waals surface area contributed by atoms with Crippen LogP contribution < -0.4 is 9.47 Å². The first-order valence-electron chi connectivity index (χ1n) is 9.89. The van der Waals surface area contributed by atoms with E-state index in [0.29, 0.717) is 41.5 Å². The first kappa shape index (κ1) is 20.3. The second-order valence-corrected chi connectivity index (χ2v) is 7.25. The van der Waals surface area contributed by atoms with E-state index in [1.165, 1.54) is 0 Å². The van der Waals surface area contributed by atoms with E-state index in [0.717, 1.165) is 31.7 Å². The molecule has 1 aromatic carbocycles. The molecule has 4 rings (SSSR count). The number of nitrogens with zero attached hydrogens (tertiary/aromatic N) is 6. The van der Waals surface area contributed by atoms with Crippen LogP contribution in [-0.4, -0.2) is 70.5 Å². The van der Waals surface area contributed by atoms with Crippen LogP contribution in [0.3, 0.4) is 0 Å². The Kier molecular flexibility index (Phi) is 5.96. The zero-order valence-electron chi connectivity index (χ0n) is 17.7. The normalized spacial score (nSPS) is 16.5. The number of hydrogen-bond donors (Lipinski definition) is 0. The molecule has 0 N–H and O–H groups in total. The molecule has 0 bridgehead atoms. The summed E-state index contributed by atoms with van der Waals surface area (Å²) in [5.41, 5.74) is 0.816. The average molecular weight is 414 g/mol. The number of methoxy groups -OCH3 is 2. The SMILES string of the molecule is COc1ccc(-c2noc(CN3CCN(C(C)c4nc(C)no4)CC3)n2)cc1OC. The molecule has 3 heterocycles. The lowest BCUT2D eigenvalue weighted by atomic mass is 10.2. The topological polar surface area (TPSA) is 103 Å². The van der Waals surface area contributed by atoms with Crippen LogP contribution in [0.15, 0.2) is 27.2 Å². The third-order valence-corrected chi connectivity index (χ3v) is 5.32. The monoisotopic (exact) mass is 414 g/mol. The second-order valence-electron chi connectivity index (χ2n) is 7.25. The number of benzene rings is 1. The largest absolute Gasteiger partial charge is 0.493 e. The first-order chi connectivity index (χ1) is 14.6. The lowest BCUT2D eigenvalue weighted by Crippen LogP contribution is -2.46. The summed E-state index contributed by atoms with van der Waals surface area (Å²) in [5.74, 6) is 3.74. The van der Waals surface area contributed by atoms with Gasteiger partial charge in [0.25, 0.3) is 0 Å². The van der Waals surface area contributed by atoms with E-state index in [1.54, 1.807) is 14.2 Å². The molecule has 160 valence electrons. The summed E-state index contributed by atoms with van der Waals surface area (Å²) >= 11 is 0. The maximum atomic E-state index is 5.48. The number of ether oxygens (including phenoxy) is 2. The van der Waals surface area contributed by atoms with Gasteiger partial charge < -0.3 is 18.5 Å². The van der Waals surface area contributed by atoms with Crippen LogP contribution in [0.1, 0.15) is 30.6 Å². The highest BCUT2D eigenvalue weighted by atomic mass is 16.5. The molecule has 1 atom stereocenters. The van der Waals surface area contributed by atoms with Crippen LogP contribution in [0.2, 0.25) is 0 Å². The van der Waals surface area contributed by atoms with Gasteiger partial charge in [-0.3, -0.25) is 9.80 Å². The predicted molar refractivity (Wildman–Crippen MR) is 107 cm³/mol. The third-order valence-electron chi connectivity index (χ3n) is 5.32. The van der Waals surface area contributed by atoms with Crippen LogP contribution in [0.5, 0.6) is 11.5 Å². The minimum Gasteiger partial charge on any atom is -0.493 e. The molecule has 1 aliphatic rings. The van der Waals surface area contributed by atoms with E-state index < -0.39 is 0 Å². The van der Waals surface area contributed by atoms with Gasteiger partial charge in [0.2, 0.25) is 17.6 Å². The molecule has 10 nitrogen and oxygen atoms in total. The summed E-state index contributed by atoms with van der Waals surface area (Å²) in [5, 5.41) is 8.01. The molecule has 1 fully saturated rings. The molecular formula is C20H26N6O4. The van der Waals surface area contributed by atoms with Crippen LogP contribution >= 0.6 is 0 Å². The molecule has 2 aromatic heterocycles. The van der Waals surface area contributed by atoms with Crippen LogP contribution in [0.25, 0.3) is 11.4 Å². The molecular weight excluding hydrogens is 388 g/mol. The van der Waals surface area contributed by atoms with Gasteiger partial charge in [0.15, 0.2) is 17.3 Å². The van der Waals surface area contributed by atoms with Crippen molar-refractivity contribution in [2.45, 2.75) is 26.4 Å². The molecule has 3 aromatic rings. The molecule has 0 aliphatic carbocycles. The maximum Gasteiger partial charge on any atom is 0.243 e. The smallest absolute Gasteiger partial charge is 0.243 e. The van der Waals surface area contributed by atoms with E-state index in [-0.39, 0.29) is 6.04 Å². The Bertz CT molecular complexity index is 979. The van der Waals surface area contributed by atoms with Gasteiger partial charge >= 0.3 is 0 Å². The number of aryl methyl sites for hydroxylation is 1. The Morgan fingerprint density at radius 2 is 1.77 bits per heavy atom. The summed E-state index contributed by atoms with van der Waals surface area (Å²) < 4.78 is 21.4. The van der Waals surface area contributed by atoms with E-state index in [4.69, 9.17) is 18.5 Å². The zero-order valence-corrected chi connectivity index (χ0v) is 17.7. The molecule has 0 spiro atoms. The fourth-order valence-corrected chi connectivity index (χ4v) is 3.55. The average Bonchev–Trinajstić information content (AvgIpc) is 3.42. The standard InChI is InChI=1S/C20H26N6O4/c1-13(20-21-14(2)23-30-20)26-9-7-25(8-10-26)12-18-22-19(24-29-18)15-5-6-16(27-3)17(11-15)28-4/h5-6,11,13H,7-10,12H2,1-4H3. The van der Waals surface area contributed by atoms with Gasteiger partial charge in [-0.1, -0.05) is 10.3 Å². The van der Waals surface area contributed by atoms with Crippen molar-refractivity contribution in [3.63, 3.8) is 0 Å². The van der Waals surface area contributed by atoms with Gasteiger partial charge in [-0.05, 0) is 32.0 Å². The van der Waals surface area contributed by atoms with Gasteiger partial charge in [-0.15, -0.1) is 0 Å². The van der Waals surface area contributed by atoms with E-state index in [2.05, 4.69) is 37.0 Å². The minimum absolute atomic E-state index is 0.105. The summed E-state index contributed by atoms with van der Waals surface area (Å²) in [6, 6.07) is 5.66. The summed E-state index contributed by atoms with van der Waals surface area (Å²) in [4.78, 5) is 13.5. The van der Waals surface area contributed by atoms with Crippen molar-refractivity contribution in [2.75, 3.05) is 40.4 Å². The molecule has 0 saturated carbocycles. The number of aromatic nitrogens is 4. The summed E-state index contributed by atoms with van der Waals surface area (Å²) in [7, 11) is 3.21. The van der Waals surface area contributed by atoms with Gasteiger partial charge in [0.1, 0.15) is 0 Å². The van der Waals surface area contributed by atoms with Gasteiger partial charge in [0.05, 0.1) is 26.8 Å². The Labute approximate surface area is 174 Å². The molecule has 0 amide bonds. The number of rotatable bonds is 7. The molecule has 0 radical (unpaired) electrons. The van der Waals surface area contributed by atoms with Crippen molar-refractivity contribution in [2.24, 2.45) is 0 Å². The number of piperazine rings is 1. The van der Waals surface area contributed by atoms with E-state index in [1.807, 2.05) is 25.1 Å². The Balaban J connectivity index is 1.35. The highest BCUT2D eigenvalue weighted by Crippen LogP contribution is 2.31. The Morgan fingerprint density at radius 1 is 1.00 bits per heavy atom. The van der Waals surface area contributed by atoms with Crippen LogP contribution in [0, 0.1) is 6.92 Å². The highest BCUT2D eigenvalue weighted by molar-refractivity contribution is 5.60. The first-order valence-corrected chi connectivity index (χ1v) is 9.89. The molecule has 1 unspecified atom stereocenters. The van der Waals surface area contributed by atoms with Crippen molar-refractivity contribution in [1.29, 1.82) is 0 Å². The zero-order chi connectivity index (χ0) is 21.1. The van der Waals surface area contributed by atoms with Crippen LogP contribution in [-0.2, 0) is 6.54 Å². The summed E-state index contributed by atoms with van der Waals surface area (Å²) in [6.45, 7) is 8.13. The van der Waals surface area contributed by atoms with E-state index in [9.17, 15) is 0 Å². The van der Waals surface area contributed by atoms with Crippen molar-refractivity contribution >= 4 is 0 Å². The van der Waals surface area contributed by atoms with Crippen molar-refractivity contribution in [1.82, 2.24) is 30.1 Å². The molecule has 1 saturated heterocycles. The van der Waals surface area contributed by atoms with Gasteiger partial charge in [-0.25, -0.2) is 0 Å². The second kappa shape index (κ2) is 8.80. The predicted octanol–water partition coefficient (Wildman–Crippen LogP) is 2.32. The van der Waals surface area contributed by atoms with E-state index >= 15 is 0 Å². The summed E-state index contributed by atoms with van der Waals surface area (Å²) in [6.07, 6.45) is 0. The number of hydrogen-bond acceptors (Lipinski definition) is 10. The Morgan fingerprint density at radius 3 is 2.43 bits per heavy atom. The van der Waals surface area contributed by atoms with Crippen molar-refractivity contribution in [3.8, 4) is 22.9 Å². The van der Waals surface area contributed by atoms with Crippen molar-refractivity contribution < 1.29 is 18.5 Å². The lowest BCUT2D eigenvalue weighted by molar-refractivity contribution is 0.0785. The van der Waals surface area contributed by atoms with Gasteiger partial charge in [-0.2, -0.15) is 9.97 Å². The van der Waals surface area contributed by atoms with Crippen molar-refractivity contribution in [3.05, 3.63) is 35.8 Å². The maximum absolute atomic E-state index is 5.48. The van der Waals surface area contributed by atoms with Gasteiger partial charge in [0, 0.05) is 31.7 Å².